The average molecular weight is 1360 g/mol. The Kier molecular flexibility index (Phi) is 62.5. The molecule has 17 nitrogen and oxygen atoms in total. The van der Waals surface area contributed by atoms with E-state index in [1.54, 1.807) is 0 Å². The van der Waals surface area contributed by atoms with Crippen LogP contribution in [0.4, 0.5) is 0 Å². The molecule has 0 heterocycles. The normalized spacial score (nSPS) is 14.9. The van der Waals surface area contributed by atoms with E-state index in [1.807, 2.05) is 0 Å². The van der Waals surface area contributed by atoms with Crippen molar-refractivity contribution in [3.8, 4) is 0 Å². The zero-order valence-corrected chi connectivity index (χ0v) is 62.0. The third-order valence-electron chi connectivity index (χ3n) is 17.2. The minimum Gasteiger partial charge on any atom is -0.462 e. The van der Waals surface area contributed by atoms with E-state index in [4.69, 9.17) is 37.0 Å². The van der Waals surface area contributed by atoms with Gasteiger partial charge in [-0.3, -0.25) is 37.3 Å². The SMILES string of the molecule is CCCCCC/C=C\C=C/CCCCCCCC(=O)OC[C@H](COP(=O)(O)OCC(O)COP(=O)(O)OC[C@@H](COC(=O)CCCCCCCCCC(C)C)OC(=O)CCCCCCCCC(C)CC)OC(=O)CCCCCCCCCCCCCCCCC(C)CC. The number of unbranched alkanes of at least 4 members (excludes halogenated alkanes) is 33. The number of allylic oxidation sites excluding steroid dienone is 4. The molecule has 0 saturated carbocycles. The maximum atomic E-state index is 13.1. The zero-order valence-electron chi connectivity index (χ0n) is 60.2. The summed E-state index contributed by atoms with van der Waals surface area (Å²) >= 11 is 0. The van der Waals surface area contributed by atoms with Crippen molar-refractivity contribution in [3.63, 3.8) is 0 Å². The van der Waals surface area contributed by atoms with Gasteiger partial charge in [0.15, 0.2) is 12.2 Å². The average Bonchev–Trinajstić information content (AvgIpc) is 3.51. The minimum atomic E-state index is -4.96. The maximum Gasteiger partial charge on any atom is 0.472 e. The number of esters is 4. The lowest BCUT2D eigenvalue weighted by Gasteiger charge is -2.21. The van der Waals surface area contributed by atoms with Crippen LogP contribution in [0, 0.1) is 17.8 Å². The van der Waals surface area contributed by atoms with Gasteiger partial charge in [0.25, 0.3) is 0 Å². The second kappa shape index (κ2) is 64.2. The predicted octanol–water partition coefficient (Wildman–Crippen LogP) is 21.0. The van der Waals surface area contributed by atoms with E-state index in [1.165, 1.54) is 135 Å². The quantitative estimate of drug-likeness (QED) is 0.0169. The number of hydrogen-bond acceptors (Lipinski definition) is 15. The first-order valence-electron chi connectivity index (χ1n) is 37.7. The number of rotatable bonds is 70. The van der Waals surface area contributed by atoms with Crippen molar-refractivity contribution in [1.82, 2.24) is 0 Å². The molecule has 0 bridgehead atoms. The van der Waals surface area contributed by atoms with Crippen LogP contribution in [0.2, 0.25) is 0 Å². The monoisotopic (exact) mass is 1360 g/mol. The lowest BCUT2D eigenvalue weighted by molar-refractivity contribution is -0.161. The standard InChI is InChI=1S/C74H140O17P2/c1-8-11-12-13-14-15-16-17-18-22-25-28-33-41-48-55-71(76)84-61-69(90-73(78)57-50-43-34-29-26-23-20-19-21-24-27-32-39-46-53-66(6)9-2)63-88-92(80,81)86-59-68(75)60-87-93(82,83)89-64-70(91-74(79)58-51-44-37-36-40-47-54-67(7)10-3)62-85-72(77)56-49-42-35-30-31-38-45-52-65(4)5/h15-18,65-70,75H,8-14,19-64H2,1-7H3,(H,80,81)(H,82,83)/b16-15-,18-17-/t66?,67?,68?,69-,70-/m1/s1. The number of phosphoric acid groups is 2. The molecule has 0 fully saturated rings. The highest BCUT2D eigenvalue weighted by Crippen LogP contribution is 2.45. The van der Waals surface area contributed by atoms with Gasteiger partial charge in [-0.25, -0.2) is 9.13 Å². The summed E-state index contributed by atoms with van der Waals surface area (Å²) < 4.78 is 68.3. The molecule has 0 aromatic rings. The summed E-state index contributed by atoms with van der Waals surface area (Å²) in [6.45, 7) is 11.8. The summed E-state index contributed by atoms with van der Waals surface area (Å²) in [5.74, 6) is 0.110. The molecule has 7 atom stereocenters. The van der Waals surface area contributed by atoms with Crippen LogP contribution in [0.1, 0.15) is 350 Å². The molecule has 0 aromatic carbocycles. The lowest BCUT2D eigenvalue weighted by Crippen LogP contribution is -2.30. The molecule has 0 saturated heterocycles. The minimum absolute atomic E-state index is 0.0996. The van der Waals surface area contributed by atoms with Gasteiger partial charge < -0.3 is 33.8 Å². The van der Waals surface area contributed by atoms with Crippen molar-refractivity contribution in [2.75, 3.05) is 39.6 Å². The Morgan fingerprint density at radius 2 is 0.634 bits per heavy atom. The molecule has 19 heteroatoms. The van der Waals surface area contributed by atoms with E-state index >= 15 is 0 Å². The van der Waals surface area contributed by atoms with E-state index in [9.17, 15) is 43.2 Å². The van der Waals surface area contributed by atoms with Crippen molar-refractivity contribution in [2.24, 2.45) is 17.8 Å². The van der Waals surface area contributed by atoms with Gasteiger partial charge in [0.05, 0.1) is 26.4 Å². The van der Waals surface area contributed by atoms with E-state index in [0.717, 1.165) is 127 Å². The summed E-state index contributed by atoms with van der Waals surface area (Å²) in [6.07, 6.45) is 52.3. The molecule has 0 aliphatic rings. The Hall–Kier alpha value is -2.46. The van der Waals surface area contributed by atoms with Crippen molar-refractivity contribution in [2.45, 2.75) is 369 Å². The van der Waals surface area contributed by atoms with E-state index in [2.05, 4.69) is 72.8 Å². The predicted molar refractivity (Wildman–Crippen MR) is 377 cm³/mol. The summed E-state index contributed by atoms with van der Waals surface area (Å²) in [7, 11) is -9.92. The number of carbonyl (C=O) groups is 4. The van der Waals surface area contributed by atoms with Crippen LogP contribution >= 0.6 is 15.6 Å². The second-order valence-electron chi connectivity index (χ2n) is 27.0. The Bertz CT molecular complexity index is 1920. The van der Waals surface area contributed by atoms with Gasteiger partial charge in [-0.15, -0.1) is 0 Å². The smallest absolute Gasteiger partial charge is 0.462 e. The Labute approximate surface area is 567 Å². The van der Waals surface area contributed by atoms with E-state index in [0.29, 0.717) is 31.6 Å². The Morgan fingerprint density at radius 3 is 0.957 bits per heavy atom. The van der Waals surface area contributed by atoms with Crippen molar-refractivity contribution in [1.29, 1.82) is 0 Å². The summed E-state index contributed by atoms with van der Waals surface area (Å²) in [5.41, 5.74) is 0. The van der Waals surface area contributed by atoms with E-state index < -0.39 is 97.5 Å². The topological polar surface area (TPSA) is 237 Å². The molecule has 5 unspecified atom stereocenters. The number of phosphoric ester groups is 2. The van der Waals surface area contributed by atoms with Gasteiger partial charge in [-0.2, -0.15) is 0 Å². The highest BCUT2D eigenvalue weighted by atomic mass is 31.2. The fourth-order valence-corrected chi connectivity index (χ4v) is 12.2. The van der Waals surface area contributed by atoms with E-state index in [-0.39, 0.29) is 25.7 Å². The zero-order chi connectivity index (χ0) is 68.7. The highest BCUT2D eigenvalue weighted by molar-refractivity contribution is 7.47. The fourth-order valence-electron chi connectivity index (χ4n) is 10.6. The molecular weight excluding hydrogens is 1220 g/mol. The fraction of sp³-hybridized carbons (Fsp3) is 0.892. The maximum absolute atomic E-state index is 13.1. The van der Waals surface area contributed by atoms with Gasteiger partial charge in [-0.05, 0) is 69.1 Å². The third-order valence-corrected chi connectivity index (χ3v) is 19.1. The Morgan fingerprint density at radius 1 is 0.355 bits per heavy atom. The van der Waals surface area contributed by atoms with Crippen molar-refractivity contribution in [3.05, 3.63) is 24.3 Å². The van der Waals surface area contributed by atoms with Gasteiger partial charge in [-0.1, -0.05) is 297 Å². The molecule has 0 amide bonds. The molecule has 0 rings (SSSR count). The van der Waals surface area contributed by atoms with Gasteiger partial charge in [0.1, 0.15) is 19.3 Å². The van der Waals surface area contributed by atoms with Crippen molar-refractivity contribution >= 4 is 39.5 Å². The molecule has 0 aliphatic carbocycles. The molecular formula is C74H140O17P2. The molecule has 93 heavy (non-hydrogen) atoms. The second-order valence-corrected chi connectivity index (χ2v) is 29.9. The molecule has 0 aromatic heterocycles. The Balaban J connectivity index is 5.27. The molecule has 548 valence electrons. The first-order valence-corrected chi connectivity index (χ1v) is 40.7. The first-order chi connectivity index (χ1) is 44.8. The first kappa shape index (κ1) is 90.5. The number of aliphatic hydroxyl groups is 1. The third kappa shape index (κ3) is 65.3. The van der Waals surface area contributed by atoms with Crippen LogP contribution in [-0.2, 0) is 65.4 Å². The van der Waals surface area contributed by atoms with Gasteiger partial charge in [0, 0.05) is 25.7 Å². The molecule has 0 spiro atoms. The molecule has 0 radical (unpaired) electrons. The van der Waals surface area contributed by atoms with Gasteiger partial charge in [0.2, 0.25) is 0 Å². The summed E-state index contributed by atoms with van der Waals surface area (Å²) in [6, 6.07) is 0. The number of carbonyl (C=O) groups excluding carboxylic acids is 4. The highest BCUT2D eigenvalue weighted by Gasteiger charge is 2.30. The van der Waals surface area contributed by atoms with Crippen LogP contribution in [0.25, 0.3) is 0 Å². The molecule has 3 N–H and O–H groups in total. The van der Waals surface area contributed by atoms with Crippen LogP contribution in [-0.4, -0.2) is 96.7 Å². The molecule has 0 aliphatic heterocycles. The lowest BCUT2D eigenvalue weighted by atomic mass is 9.99. The largest absolute Gasteiger partial charge is 0.472 e. The number of ether oxygens (including phenoxy) is 4. The van der Waals surface area contributed by atoms with Crippen LogP contribution in [0.3, 0.4) is 0 Å². The summed E-state index contributed by atoms with van der Waals surface area (Å²) in [4.78, 5) is 72.6. The van der Waals surface area contributed by atoms with Crippen LogP contribution in [0.15, 0.2) is 24.3 Å². The number of hydrogen-bond donors (Lipinski definition) is 3. The number of aliphatic hydroxyl groups excluding tert-OH is 1. The van der Waals surface area contributed by atoms with Crippen LogP contribution < -0.4 is 0 Å². The van der Waals surface area contributed by atoms with Crippen molar-refractivity contribution < 1.29 is 80.2 Å². The summed E-state index contributed by atoms with van der Waals surface area (Å²) in [5, 5.41) is 10.6. The van der Waals surface area contributed by atoms with Crippen LogP contribution in [0.5, 0.6) is 0 Å². The van der Waals surface area contributed by atoms with Gasteiger partial charge >= 0.3 is 39.5 Å².